The van der Waals surface area contributed by atoms with Crippen LogP contribution in [0.5, 0.6) is 0 Å². The minimum absolute atomic E-state index is 0.0199. The maximum absolute atomic E-state index is 12.5. The first-order chi connectivity index (χ1) is 10.3. The van der Waals surface area contributed by atoms with E-state index in [0.717, 1.165) is 18.4 Å². The van der Waals surface area contributed by atoms with E-state index in [4.69, 9.17) is 4.74 Å². The lowest BCUT2D eigenvalue weighted by Gasteiger charge is -2.35. The van der Waals surface area contributed by atoms with Gasteiger partial charge in [-0.3, -0.25) is 4.79 Å². The van der Waals surface area contributed by atoms with Crippen molar-refractivity contribution in [1.82, 2.24) is 5.32 Å². The topological polar surface area (TPSA) is 38.3 Å². The molecule has 1 N–H and O–H groups in total. The third-order valence-electron chi connectivity index (χ3n) is 4.67. The summed E-state index contributed by atoms with van der Waals surface area (Å²) in [4.78, 5) is 12.5. The van der Waals surface area contributed by atoms with Crippen molar-refractivity contribution in [2.45, 2.75) is 51.7 Å². The van der Waals surface area contributed by atoms with Crippen LogP contribution < -0.4 is 5.32 Å². The Morgan fingerprint density at radius 3 is 2.67 bits per heavy atom. The number of ether oxygens (including phenoxy) is 1. The molecule has 3 nitrogen and oxygen atoms in total. The van der Waals surface area contributed by atoms with Gasteiger partial charge in [-0.15, -0.1) is 0 Å². The molecule has 0 heterocycles. The van der Waals surface area contributed by atoms with Gasteiger partial charge in [-0.25, -0.2) is 0 Å². The molecule has 0 amide bonds. The second-order valence-electron chi connectivity index (χ2n) is 5.95. The highest BCUT2D eigenvalue weighted by Gasteiger charge is 2.34. The highest BCUT2D eigenvalue weighted by atomic mass is 16.5. The molecule has 0 radical (unpaired) electrons. The zero-order valence-corrected chi connectivity index (χ0v) is 13.2. The smallest absolute Gasteiger partial charge is 0.309 e. The van der Waals surface area contributed by atoms with Gasteiger partial charge in [-0.05, 0) is 37.8 Å². The van der Waals surface area contributed by atoms with E-state index in [0.29, 0.717) is 18.6 Å². The van der Waals surface area contributed by atoms with Crippen molar-refractivity contribution in [3.8, 4) is 0 Å². The van der Waals surface area contributed by atoms with Crippen molar-refractivity contribution in [1.29, 1.82) is 0 Å². The molecule has 3 heteroatoms. The summed E-state index contributed by atoms with van der Waals surface area (Å²) in [6.07, 6.45) is 5.65. The maximum Gasteiger partial charge on any atom is 0.309 e. The third kappa shape index (κ3) is 4.31. The second-order valence-corrected chi connectivity index (χ2v) is 5.95. The zero-order chi connectivity index (χ0) is 15.1. The summed E-state index contributed by atoms with van der Waals surface area (Å²) in [5.74, 6) is 0.400. The molecule has 1 aliphatic rings. The number of rotatable bonds is 6. The van der Waals surface area contributed by atoms with Gasteiger partial charge >= 0.3 is 5.97 Å². The molecule has 3 atom stereocenters. The fourth-order valence-electron chi connectivity index (χ4n) is 3.48. The van der Waals surface area contributed by atoms with Gasteiger partial charge in [0.05, 0.1) is 5.92 Å². The van der Waals surface area contributed by atoms with Gasteiger partial charge in [0.25, 0.3) is 0 Å². The summed E-state index contributed by atoms with van der Waals surface area (Å²) in [6.45, 7) is 2.48. The van der Waals surface area contributed by atoms with Gasteiger partial charge in [0, 0.05) is 6.04 Å². The molecule has 1 aromatic carbocycles. The second kappa shape index (κ2) is 8.18. The van der Waals surface area contributed by atoms with Crippen LogP contribution in [-0.2, 0) is 16.1 Å². The van der Waals surface area contributed by atoms with Crippen LogP contribution in [0, 0.1) is 11.8 Å². The lowest BCUT2D eigenvalue weighted by Crippen LogP contribution is -2.42. The van der Waals surface area contributed by atoms with E-state index in [-0.39, 0.29) is 11.9 Å². The predicted molar refractivity (Wildman–Crippen MR) is 84.8 cm³/mol. The monoisotopic (exact) mass is 289 g/mol. The molecule has 1 aliphatic carbocycles. The van der Waals surface area contributed by atoms with Crippen molar-refractivity contribution in [3.05, 3.63) is 35.9 Å². The number of nitrogens with one attached hydrogen (secondary N) is 1. The van der Waals surface area contributed by atoms with Crippen LogP contribution in [0.3, 0.4) is 0 Å². The van der Waals surface area contributed by atoms with Crippen LogP contribution in [-0.4, -0.2) is 19.1 Å². The number of carbonyl (C=O) groups is 1. The number of hydrogen-bond acceptors (Lipinski definition) is 3. The third-order valence-corrected chi connectivity index (χ3v) is 4.67. The Bertz CT molecular complexity index is 432. The van der Waals surface area contributed by atoms with Crippen LogP contribution in [0.15, 0.2) is 30.3 Å². The van der Waals surface area contributed by atoms with Crippen molar-refractivity contribution in [2.24, 2.45) is 11.8 Å². The molecule has 0 saturated heterocycles. The number of hydrogen-bond donors (Lipinski definition) is 1. The van der Waals surface area contributed by atoms with Gasteiger partial charge < -0.3 is 10.1 Å². The lowest BCUT2D eigenvalue weighted by molar-refractivity contribution is -0.153. The number of benzene rings is 1. The highest BCUT2D eigenvalue weighted by Crippen LogP contribution is 2.33. The van der Waals surface area contributed by atoms with Crippen molar-refractivity contribution in [3.63, 3.8) is 0 Å². The molecular weight excluding hydrogens is 262 g/mol. The van der Waals surface area contributed by atoms with Crippen LogP contribution in [0.25, 0.3) is 0 Å². The van der Waals surface area contributed by atoms with E-state index in [1.165, 1.54) is 19.3 Å². The molecular formula is C18H27NO2. The zero-order valence-electron chi connectivity index (χ0n) is 13.2. The maximum atomic E-state index is 12.5. The summed E-state index contributed by atoms with van der Waals surface area (Å²) >= 11 is 0. The molecule has 0 unspecified atom stereocenters. The van der Waals surface area contributed by atoms with Crippen LogP contribution >= 0.6 is 0 Å². The molecule has 0 spiro atoms. The summed E-state index contributed by atoms with van der Waals surface area (Å²) in [7, 11) is 2.00. The van der Waals surface area contributed by atoms with Crippen LogP contribution in [0.1, 0.15) is 44.6 Å². The van der Waals surface area contributed by atoms with Crippen molar-refractivity contribution < 1.29 is 9.53 Å². The molecule has 1 fully saturated rings. The van der Waals surface area contributed by atoms with E-state index < -0.39 is 0 Å². The summed E-state index contributed by atoms with van der Waals surface area (Å²) in [5.41, 5.74) is 1.05. The van der Waals surface area contributed by atoms with E-state index in [2.05, 4.69) is 12.2 Å². The van der Waals surface area contributed by atoms with Gasteiger partial charge in [-0.2, -0.15) is 0 Å². The first kappa shape index (κ1) is 16.0. The van der Waals surface area contributed by atoms with E-state index in [1.54, 1.807) is 0 Å². The van der Waals surface area contributed by atoms with Gasteiger partial charge in [0.15, 0.2) is 0 Å². The Morgan fingerprint density at radius 1 is 1.29 bits per heavy atom. The summed E-state index contributed by atoms with van der Waals surface area (Å²) in [5, 5.41) is 3.39. The predicted octanol–water partition coefficient (Wildman–Crippen LogP) is 3.53. The fraction of sp³-hybridized carbons (Fsp3) is 0.611. The van der Waals surface area contributed by atoms with Crippen LogP contribution in [0.2, 0.25) is 0 Å². The Hall–Kier alpha value is -1.35. The summed E-state index contributed by atoms with van der Waals surface area (Å²) in [6, 6.07) is 10.3. The molecule has 2 rings (SSSR count). The van der Waals surface area contributed by atoms with Gasteiger partial charge in [0.2, 0.25) is 0 Å². The molecule has 1 saturated carbocycles. The van der Waals surface area contributed by atoms with E-state index >= 15 is 0 Å². The quantitative estimate of drug-likeness (QED) is 0.814. The standard InChI is InChI=1S/C18H27NO2/c1-3-15(16-11-7-8-12-17(16)19-2)18(20)21-13-14-9-5-4-6-10-14/h4-6,9-10,15-17,19H,3,7-8,11-13H2,1-2H3/t15-,16-,17-/m0/s1. The van der Waals surface area contributed by atoms with Gasteiger partial charge in [0.1, 0.15) is 6.61 Å². The van der Waals surface area contributed by atoms with Crippen molar-refractivity contribution >= 4 is 5.97 Å². The minimum atomic E-state index is -0.0338. The Morgan fingerprint density at radius 2 is 2.00 bits per heavy atom. The van der Waals surface area contributed by atoms with Gasteiger partial charge in [-0.1, -0.05) is 50.1 Å². The largest absolute Gasteiger partial charge is 0.461 e. The molecule has 116 valence electrons. The fourth-order valence-corrected chi connectivity index (χ4v) is 3.48. The van der Waals surface area contributed by atoms with Crippen LogP contribution in [0.4, 0.5) is 0 Å². The first-order valence-electron chi connectivity index (χ1n) is 8.14. The molecule has 21 heavy (non-hydrogen) atoms. The average molecular weight is 289 g/mol. The average Bonchev–Trinajstić information content (AvgIpc) is 2.55. The number of carbonyl (C=O) groups excluding carboxylic acids is 1. The van der Waals surface area contributed by atoms with E-state index in [9.17, 15) is 4.79 Å². The number of esters is 1. The van der Waals surface area contributed by atoms with E-state index in [1.807, 2.05) is 37.4 Å². The lowest BCUT2D eigenvalue weighted by atomic mass is 9.75. The summed E-state index contributed by atoms with van der Waals surface area (Å²) < 4.78 is 5.56. The Balaban J connectivity index is 1.94. The minimum Gasteiger partial charge on any atom is -0.461 e. The molecule has 1 aromatic rings. The Kier molecular flexibility index (Phi) is 6.24. The highest BCUT2D eigenvalue weighted by molar-refractivity contribution is 5.72. The Labute approximate surface area is 128 Å². The first-order valence-corrected chi connectivity index (χ1v) is 8.14. The van der Waals surface area contributed by atoms with Crippen molar-refractivity contribution in [2.75, 3.05) is 7.05 Å². The molecule has 0 bridgehead atoms. The SMILES string of the molecule is CC[C@H](C(=O)OCc1ccccc1)[C@@H]1CCCC[C@@H]1NC. The molecule has 0 aromatic heterocycles. The normalized spacial score (nSPS) is 23.5. The molecule has 0 aliphatic heterocycles.